The Hall–Kier alpha value is -2.22. The molecule has 0 radical (unpaired) electrons. The molecule has 2 aromatic heterocycles. The van der Waals surface area contributed by atoms with E-state index in [-0.39, 0.29) is 10.9 Å². The molecular weight excluding hydrogens is 378 g/mol. The fraction of sp³-hybridized carbons (Fsp3) is 0.250. The molecule has 0 fully saturated rings. The topological polar surface area (TPSA) is 63.6 Å². The minimum atomic E-state index is -3.47. The lowest BCUT2D eigenvalue weighted by Crippen LogP contribution is -2.31. The van der Waals surface area contributed by atoms with E-state index < -0.39 is 10.0 Å². The van der Waals surface area contributed by atoms with Crippen molar-refractivity contribution in [2.75, 3.05) is 18.4 Å². The predicted octanol–water partition coefficient (Wildman–Crippen LogP) is 3.79. The maximum atomic E-state index is 12.6. The van der Waals surface area contributed by atoms with Crippen LogP contribution in [0.1, 0.15) is 30.3 Å². The van der Waals surface area contributed by atoms with E-state index in [0.29, 0.717) is 13.1 Å². The molecule has 0 saturated heterocycles. The molecule has 0 unspecified atom stereocenters. The fourth-order valence-electron chi connectivity index (χ4n) is 2.95. The molecule has 7 heteroatoms. The molecule has 0 aliphatic heterocycles. The Morgan fingerprint density at radius 3 is 2.33 bits per heavy atom. The summed E-state index contributed by atoms with van der Waals surface area (Å²) in [4.78, 5) is 4.55. The number of anilines is 1. The van der Waals surface area contributed by atoms with Crippen LogP contribution in [0.5, 0.6) is 0 Å². The number of aromatic amines is 1. The molecule has 0 aliphatic rings. The molecular formula is C20H24N3O2S2+. The maximum Gasteiger partial charge on any atom is 0.273 e. The largest absolute Gasteiger partial charge is 0.273 e. The Kier molecular flexibility index (Phi) is 6.26. The van der Waals surface area contributed by atoms with Gasteiger partial charge < -0.3 is 0 Å². The van der Waals surface area contributed by atoms with E-state index >= 15 is 0 Å². The van der Waals surface area contributed by atoms with Gasteiger partial charge in [-0.15, -0.1) is 11.3 Å². The van der Waals surface area contributed by atoms with Crippen LogP contribution in [0.15, 0.2) is 71.1 Å². The van der Waals surface area contributed by atoms with Gasteiger partial charge in [-0.1, -0.05) is 50.2 Å². The van der Waals surface area contributed by atoms with Crippen LogP contribution in [0.25, 0.3) is 0 Å². The number of benzene rings is 1. The zero-order valence-corrected chi connectivity index (χ0v) is 17.1. The second-order valence-electron chi connectivity index (χ2n) is 6.03. The van der Waals surface area contributed by atoms with Crippen LogP contribution in [0.3, 0.4) is 0 Å². The van der Waals surface area contributed by atoms with E-state index in [9.17, 15) is 8.42 Å². The van der Waals surface area contributed by atoms with Crippen molar-refractivity contribution in [1.29, 1.82) is 0 Å². The summed E-state index contributed by atoms with van der Waals surface area (Å²) in [5, 5.41) is 5.53. The van der Waals surface area contributed by atoms with E-state index in [2.05, 4.69) is 33.9 Å². The van der Waals surface area contributed by atoms with Gasteiger partial charge in [0, 0.05) is 24.7 Å². The van der Waals surface area contributed by atoms with Gasteiger partial charge in [0.2, 0.25) is 10.0 Å². The molecule has 5 nitrogen and oxygen atoms in total. The van der Waals surface area contributed by atoms with E-state index in [4.69, 9.17) is 0 Å². The van der Waals surface area contributed by atoms with Crippen molar-refractivity contribution >= 4 is 27.2 Å². The van der Waals surface area contributed by atoms with Crippen molar-refractivity contribution in [1.82, 2.24) is 4.31 Å². The number of rotatable bonds is 8. The van der Waals surface area contributed by atoms with Crippen molar-refractivity contribution in [2.24, 2.45) is 0 Å². The summed E-state index contributed by atoms with van der Waals surface area (Å²) >= 11 is 1.68. The standard InChI is InChI=1S/C20H23N3O2S2/c1-3-23(4-2)27(24,25)17-12-13-19(21-15-17)22-20(18-11-8-14-26-18)16-9-6-5-7-10-16/h5-15,20H,3-4H2,1-2H3,(H,21,22)/p+1/t20-/m1/s1. The SMILES string of the molecule is CCN(CC)S(=O)(=O)c1ccc(N[C@H](c2ccccc2)c2cccs2)[nH+]c1. The summed E-state index contributed by atoms with van der Waals surface area (Å²) in [6.45, 7) is 4.58. The monoisotopic (exact) mass is 402 g/mol. The second kappa shape index (κ2) is 8.65. The lowest BCUT2D eigenvalue weighted by Gasteiger charge is -2.18. The van der Waals surface area contributed by atoms with Crippen LogP contribution >= 0.6 is 11.3 Å². The second-order valence-corrected chi connectivity index (χ2v) is 8.95. The van der Waals surface area contributed by atoms with Crippen molar-refractivity contribution in [2.45, 2.75) is 24.8 Å². The van der Waals surface area contributed by atoms with Crippen molar-refractivity contribution in [3.05, 3.63) is 76.6 Å². The molecule has 0 amide bonds. The first-order valence-electron chi connectivity index (χ1n) is 8.93. The summed E-state index contributed by atoms with van der Waals surface area (Å²) in [7, 11) is -3.47. The molecule has 27 heavy (non-hydrogen) atoms. The average molecular weight is 403 g/mol. The zero-order valence-electron chi connectivity index (χ0n) is 15.4. The third-order valence-corrected chi connectivity index (χ3v) is 7.37. The molecule has 0 aliphatic carbocycles. The summed E-state index contributed by atoms with van der Waals surface area (Å²) in [5.74, 6) is 0.760. The molecule has 1 atom stereocenters. The van der Waals surface area contributed by atoms with Gasteiger partial charge in [-0.25, -0.2) is 13.4 Å². The van der Waals surface area contributed by atoms with Crippen molar-refractivity contribution in [3.63, 3.8) is 0 Å². The van der Waals surface area contributed by atoms with Crippen LogP contribution in [-0.4, -0.2) is 25.8 Å². The minimum Gasteiger partial charge on any atom is -0.262 e. The minimum absolute atomic E-state index is 0.00677. The molecule has 0 saturated carbocycles. The third-order valence-electron chi connectivity index (χ3n) is 4.39. The highest BCUT2D eigenvalue weighted by molar-refractivity contribution is 7.89. The van der Waals surface area contributed by atoms with E-state index in [1.807, 2.05) is 38.1 Å². The van der Waals surface area contributed by atoms with Crippen LogP contribution < -0.4 is 10.3 Å². The average Bonchev–Trinajstić information content (AvgIpc) is 3.22. The van der Waals surface area contributed by atoms with Crippen LogP contribution in [0.4, 0.5) is 5.82 Å². The van der Waals surface area contributed by atoms with Crippen LogP contribution in [0, 0.1) is 0 Å². The molecule has 3 rings (SSSR count). The summed E-state index contributed by atoms with van der Waals surface area (Å²) in [5.41, 5.74) is 1.15. The number of aromatic nitrogens is 1. The molecule has 3 aromatic rings. The Morgan fingerprint density at radius 2 is 1.78 bits per heavy atom. The fourth-order valence-corrected chi connectivity index (χ4v) is 5.18. The van der Waals surface area contributed by atoms with Gasteiger partial charge in [0.1, 0.15) is 11.1 Å². The molecule has 0 bridgehead atoms. The van der Waals surface area contributed by atoms with Gasteiger partial charge in [0.25, 0.3) is 5.82 Å². The highest BCUT2D eigenvalue weighted by Crippen LogP contribution is 2.28. The van der Waals surface area contributed by atoms with E-state index in [1.165, 1.54) is 9.18 Å². The van der Waals surface area contributed by atoms with Gasteiger partial charge in [0.05, 0.1) is 4.88 Å². The number of H-pyrrole nitrogens is 1. The highest BCUT2D eigenvalue weighted by Gasteiger charge is 2.24. The number of nitrogens with zero attached hydrogens (tertiary/aromatic N) is 1. The van der Waals surface area contributed by atoms with Gasteiger partial charge >= 0.3 is 0 Å². The lowest BCUT2D eigenvalue weighted by molar-refractivity contribution is -0.364. The smallest absolute Gasteiger partial charge is 0.262 e. The number of hydrogen-bond acceptors (Lipinski definition) is 4. The Bertz CT molecular complexity index is 937. The predicted molar refractivity (Wildman–Crippen MR) is 109 cm³/mol. The maximum absolute atomic E-state index is 12.6. The number of thiophene rings is 1. The number of hydrogen-bond donors (Lipinski definition) is 1. The normalized spacial score (nSPS) is 12.9. The quantitative estimate of drug-likeness (QED) is 0.623. The van der Waals surface area contributed by atoms with E-state index in [1.54, 1.807) is 29.7 Å². The first-order chi connectivity index (χ1) is 13.1. The first kappa shape index (κ1) is 19.5. The Morgan fingerprint density at radius 1 is 1.04 bits per heavy atom. The van der Waals surface area contributed by atoms with Gasteiger partial charge in [0.15, 0.2) is 6.04 Å². The summed E-state index contributed by atoms with van der Waals surface area (Å²) in [6, 6.07) is 17.7. The summed E-state index contributed by atoms with van der Waals surface area (Å²) < 4.78 is 26.7. The highest BCUT2D eigenvalue weighted by atomic mass is 32.2. The third kappa shape index (κ3) is 4.37. The summed E-state index contributed by atoms with van der Waals surface area (Å²) in [6.07, 6.45) is 1.55. The van der Waals surface area contributed by atoms with Crippen LogP contribution in [-0.2, 0) is 10.0 Å². The molecule has 2 heterocycles. The Labute approximate surface area is 164 Å². The number of nitrogens with one attached hydrogen (secondary N) is 2. The van der Waals surface area contributed by atoms with Gasteiger partial charge in [-0.05, 0) is 17.5 Å². The molecule has 0 spiro atoms. The molecule has 2 N–H and O–H groups in total. The first-order valence-corrected chi connectivity index (χ1v) is 11.2. The zero-order chi connectivity index (χ0) is 19.3. The van der Waals surface area contributed by atoms with Gasteiger partial charge in [-0.3, -0.25) is 5.32 Å². The Balaban J connectivity index is 1.86. The number of sulfonamides is 1. The van der Waals surface area contributed by atoms with Crippen LogP contribution in [0.2, 0.25) is 0 Å². The number of pyridine rings is 1. The van der Waals surface area contributed by atoms with Crippen molar-refractivity contribution in [3.8, 4) is 0 Å². The molecule has 1 aromatic carbocycles. The van der Waals surface area contributed by atoms with E-state index in [0.717, 1.165) is 11.4 Å². The lowest BCUT2D eigenvalue weighted by atomic mass is 10.1. The molecule has 142 valence electrons. The van der Waals surface area contributed by atoms with Gasteiger partial charge in [-0.2, -0.15) is 4.31 Å². The van der Waals surface area contributed by atoms with Crippen molar-refractivity contribution < 1.29 is 13.4 Å².